The molecule has 2 rings (SSSR count). The van der Waals surface area contributed by atoms with Gasteiger partial charge in [0.1, 0.15) is 0 Å². The van der Waals surface area contributed by atoms with E-state index in [2.05, 4.69) is 13.8 Å². The van der Waals surface area contributed by atoms with Gasteiger partial charge in [-0.1, -0.05) is 13.8 Å². The Labute approximate surface area is 85.1 Å². The zero-order chi connectivity index (χ0) is 10.3. The van der Waals surface area contributed by atoms with E-state index < -0.39 is 12.6 Å². The third-order valence-electron chi connectivity index (χ3n) is 3.87. The highest BCUT2D eigenvalue weighted by Crippen LogP contribution is 2.45. The van der Waals surface area contributed by atoms with Crippen molar-refractivity contribution in [1.29, 1.82) is 0 Å². The minimum Gasteiger partial charge on any atom is -0.368 e. The summed E-state index contributed by atoms with van der Waals surface area (Å²) >= 11 is 0. The molecular formula is C11H20O3. The number of rotatable bonds is 0. The predicted molar refractivity (Wildman–Crippen MR) is 52.3 cm³/mol. The number of hydrogen-bond acceptors (Lipinski definition) is 3. The van der Waals surface area contributed by atoms with Crippen LogP contribution >= 0.6 is 0 Å². The number of aliphatic hydroxyl groups is 2. The first-order valence-electron chi connectivity index (χ1n) is 5.51. The van der Waals surface area contributed by atoms with E-state index in [9.17, 15) is 10.2 Å². The van der Waals surface area contributed by atoms with Crippen molar-refractivity contribution >= 4 is 0 Å². The molecule has 2 unspecified atom stereocenters. The molecule has 1 saturated heterocycles. The molecule has 14 heavy (non-hydrogen) atoms. The summed E-state index contributed by atoms with van der Waals surface area (Å²) in [5.74, 6) is 0.290. The van der Waals surface area contributed by atoms with E-state index in [-0.39, 0.29) is 11.8 Å². The monoisotopic (exact) mass is 200 g/mol. The molecule has 0 radical (unpaired) electrons. The molecule has 0 amide bonds. The molecular weight excluding hydrogens is 180 g/mol. The standard InChI is InChI=1S/C11H20O3/c1-11(2)5-3-7-8(4-6-11)10(13)14-9(7)12/h7-10,12-13H,3-6H2,1-2H3/t7?,8?,9-,10+. The van der Waals surface area contributed by atoms with Crippen LogP contribution in [0.1, 0.15) is 39.5 Å². The fraction of sp³-hybridized carbons (Fsp3) is 1.00. The van der Waals surface area contributed by atoms with Crippen molar-refractivity contribution in [2.45, 2.75) is 52.1 Å². The highest BCUT2D eigenvalue weighted by atomic mass is 16.7. The average Bonchev–Trinajstić information content (AvgIpc) is 2.26. The smallest absolute Gasteiger partial charge is 0.160 e. The first-order chi connectivity index (χ1) is 6.49. The van der Waals surface area contributed by atoms with Crippen molar-refractivity contribution in [2.75, 3.05) is 0 Å². The van der Waals surface area contributed by atoms with Gasteiger partial charge in [-0.25, -0.2) is 0 Å². The van der Waals surface area contributed by atoms with Crippen LogP contribution in [-0.4, -0.2) is 22.8 Å². The summed E-state index contributed by atoms with van der Waals surface area (Å²) in [5.41, 5.74) is 0.351. The van der Waals surface area contributed by atoms with Crippen LogP contribution in [0.3, 0.4) is 0 Å². The van der Waals surface area contributed by atoms with E-state index in [0.29, 0.717) is 5.41 Å². The minimum absolute atomic E-state index is 0.145. The lowest BCUT2D eigenvalue weighted by atomic mass is 9.84. The summed E-state index contributed by atoms with van der Waals surface area (Å²) in [4.78, 5) is 0. The summed E-state index contributed by atoms with van der Waals surface area (Å²) in [6, 6.07) is 0. The Morgan fingerprint density at radius 1 is 1.00 bits per heavy atom. The van der Waals surface area contributed by atoms with Crippen LogP contribution in [0.4, 0.5) is 0 Å². The van der Waals surface area contributed by atoms with Gasteiger partial charge in [-0.2, -0.15) is 0 Å². The predicted octanol–water partition coefficient (Wildman–Crippen LogP) is 1.49. The van der Waals surface area contributed by atoms with Crippen molar-refractivity contribution in [2.24, 2.45) is 17.3 Å². The third kappa shape index (κ3) is 1.81. The lowest BCUT2D eigenvalue weighted by Gasteiger charge is -2.22. The molecule has 0 spiro atoms. The maximum atomic E-state index is 9.61. The Bertz CT molecular complexity index is 195. The fourth-order valence-corrected chi connectivity index (χ4v) is 2.72. The molecule has 3 heteroatoms. The third-order valence-corrected chi connectivity index (χ3v) is 3.87. The molecule has 82 valence electrons. The first-order valence-corrected chi connectivity index (χ1v) is 5.51. The van der Waals surface area contributed by atoms with E-state index in [1.54, 1.807) is 0 Å². The van der Waals surface area contributed by atoms with Gasteiger partial charge in [-0.15, -0.1) is 0 Å². The van der Waals surface area contributed by atoms with Gasteiger partial charge in [0, 0.05) is 11.8 Å². The largest absolute Gasteiger partial charge is 0.368 e. The Hall–Kier alpha value is -0.120. The molecule has 1 heterocycles. The number of fused-ring (bicyclic) bond motifs is 1. The van der Waals surface area contributed by atoms with Crippen LogP contribution in [0.2, 0.25) is 0 Å². The molecule has 0 aromatic rings. The van der Waals surface area contributed by atoms with E-state index >= 15 is 0 Å². The van der Waals surface area contributed by atoms with Gasteiger partial charge in [0.2, 0.25) is 0 Å². The zero-order valence-electron chi connectivity index (χ0n) is 8.94. The van der Waals surface area contributed by atoms with Crippen LogP contribution in [0.5, 0.6) is 0 Å². The van der Waals surface area contributed by atoms with Gasteiger partial charge in [0.05, 0.1) is 0 Å². The molecule has 2 N–H and O–H groups in total. The highest BCUT2D eigenvalue weighted by Gasteiger charge is 2.45. The molecule has 1 aliphatic carbocycles. The fourth-order valence-electron chi connectivity index (χ4n) is 2.72. The second-order valence-electron chi connectivity index (χ2n) is 5.49. The number of aliphatic hydroxyl groups excluding tert-OH is 2. The van der Waals surface area contributed by atoms with Crippen LogP contribution in [0.25, 0.3) is 0 Å². The van der Waals surface area contributed by atoms with Crippen molar-refractivity contribution in [3.05, 3.63) is 0 Å². The Kier molecular flexibility index (Phi) is 2.58. The van der Waals surface area contributed by atoms with Gasteiger partial charge in [0.15, 0.2) is 12.6 Å². The van der Waals surface area contributed by atoms with Crippen LogP contribution < -0.4 is 0 Å². The van der Waals surface area contributed by atoms with Crippen LogP contribution in [-0.2, 0) is 4.74 Å². The molecule has 3 nitrogen and oxygen atoms in total. The van der Waals surface area contributed by atoms with Crippen LogP contribution in [0, 0.1) is 17.3 Å². The minimum atomic E-state index is -0.746. The SMILES string of the molecule is CC1(C)CCC2C(CC1)[C@@H](O)O[C@H]2O. The van der Waals surface area contributed by atoms with Crippen molar-refractivity contribution in [1.82, 2.24) is 0 Å². The van der Waals surface area contributed by atoms with Gasteiger partial charge in [-0.3, -0.25) is 0 Å². The molecule has 0 aromatic heterocycles. The maximum absolute atomic E-state index is 9.61. The van der Waals surface area contributed by atoms with Crippen molar-refractivity contribution in [3.63, 3.8) is 0 Å². The Balaban J connectivity index is 2.09. The Morgan fingerprint density at radius 3 is 1.86 bits per heavy atom. The summed E-state index contributed by atoms with van der Waals surface area (Å²) in [5, 5.41) is 19.2. The quantitative estimate of drug-likeness (QED) is 0.623. The van der Waals surface area contributed by atoms with Gasteiger partial charge >= 0.3 is 0 Å². The van der Waals surface area contributed by atoms with Crippen molar-refractivity contribution < 1.29 is 14.9 Å². The highest BCUT2D eigenvalue weighted by molar-refractivity contribution is 4.87. The zero-order valence-corrected chi connectivity index (χ0v) is 8.94. The van der Waals surface area contributed by atoms with Crippen molar-refractivity contribution in [3.8, 4) is 0 Å². The van der Waals surface area contributed by atoms with Gasteiger partial charge in [-0.05, 0) is 31.1 Å². The average molecular weight is 200 g/mol. The summed E-state index contributed by atoms with van der Waals surface area (Å²) in [6.45, 7) is 4.52. The second kappa shape index (κ2) is 3.47. The molecule has 4 atom stereocenters. The van der Waals surface area contributed by atoms with Gasteiger partial charge < -0.3 is 14.9 Å². The van der Waals surface area contributed by atoms with E-state index in [1.165, 1.54) is 0 Å². The number of ether oxygens (including phenoxy) is 1. The van der Waals surface area contributed by atoms with Crippen LogP contribution in [0.15, 0.2) is 0 Å². The summed E-state index contributed by atoms with van der Waals surface area (Å²) < 4.78 is 5.04. The lowest BCUT2D eigenvalue weighted by molar-refractivity contribution is -0.174. The second-order valence-corrected chi connectivity index (χ2v) is 5.49. The molecule has 0 bridgehead atoms. The van der Waals surface area contributed by atoms with E-state index in [4.69, 9.17) is 4.74 Å². The number of hydrogen-bond donors (Lipinski definition) is 2. The Morgan fingerprint density at radius 2 is 1.43 bits per heavy atom. The van der Waals surface area contributed by atoms with E-state index in [0.717, 1.165) is 25.7 Å². The summed E-state index contributed by atoms with van der Waals surface area (Å²) in [7, 11) is 0. The molecule has 2 fully saturated rings. The normalized spacial score (nSPS) is 47.1. The van der Waals surface area contributed by atoms with E-state index in [1.807, 2.05) is 0 Å². The maximum Gasteiger partial charge on any atom is 0.160 e. The molecule has 1 saturated carbocycles. The molecule has 2 aliphatic rings. The first kappa shape index (κ1) is 10.4. The van der Waals surface area contributed by atoms with Gasteiger partial charge in [0.25, 0.3) is 0 Å². The lowest BCUT2D eigenvalue weighted by Crippen LogP contribution is -2.20. The summed E-state index contributed by atoms with van der Waals surface area (Å²) in [6.07, 6.45) is 2.67. The molecule has 0 aromatic carbocycles. The topological polar surface area (TPSA) is 49.7 Å². The molecule has 1 aliphatic heterocycles.